The molecule has 152 valence electrons. The van der Waals surface area contributed by atoms with Crippen LogP contribution in [0.5, 0.6) is 0 Å². The van der Waals surface area contributed by atoms with Crippen molar-refractivity contribution in [1.82, 2.24) is 15.1 Å². The van der Waals surface area contributed by atoms with E-state index in [0.29, 0.717) is 19.5 Å². The van der Waals surface area contributed by atoms with Crippen LogP contribution in [-0.4, -0.2) is 53.7 Å². The molecule has 1 N–H and O–H groups in total. The summed E-state index contributed by atoms with van der Waals surface area (Å²) in [6.45, 7) is 4.21. The third-order valence-corrected chi connectivity index (χ3v) is 5.82. The predicted molar refractivity (Wildman–Crippen MR) is 108 cm³/mol. The van der Waals surface area contributed by atoms with Gasteiger partial charge in [-0.25, -0.2) is 0 Å². The van der Waals surface area contributed by atoms with E-state index in [2.05, 4.69) is 11.4 Å². The number of fused-ring (bicyclic) bond motifs is 1. The van der Waals surface area contributed by atoms with Crippen LogP contribution in [0.1, 0.15) is 62.6 Å². The van der Waals surface area contributed by atoms with Gasteiger partial charge in [-0.1, -0.05) is 37.1 Å². The number of rotatable bonds is 5. The van der Waals surface area contributed by atoms with Crippen LogP contribution in [0.25, 0.3) is 0 Å². The van der Waals surface area contributed by atoms with Gasteiger partial charge >= 0.3 is 0 Å². The Morgan fingerprint density at radius 1 is 1.04 bits per heavy atom. The summed E-state index contributed by atoms with van der Waals surface area (Å²) in [5, 5.41) is 2.88. The van der Waals surface area contributed by atoms with Gasteiger partial charge in [-0.15, -0.1) is 0 Å². The zero-order valence-electron chi connectivity index (χ0n) is 16.8. The molecule has 0 saturated carbocycles. The number of hydrogen-bond acceptors (Lipinski definition) is 3. The highest BCUT2D eigenvalue weighted by molar-refractivity contribution is 5.81. The molecule has 1 aromatic carbocycles. The zero-order valence-corrected chi connectivity index (χ0v) is 16.8. The summed E-state index contributed by atoms with van der Waals surface area (Å²) in [4.78, 5) is 40.6. The van der Waals surface area contributed by atoms with E-state index in [0.717, 1.165) is 37.9 Å². The molecular formula is C22H31N3O3. The molecule has 1 saturated heterocycles. The van der Waals surface area contributed by atoms with Gasteiger partial charge < -0.3 is 15.1 Å². The molecule has 0 bridgehead atoms. The van der Waals surface area contributed by atoms with Gasteiger partial charge in [0.25, 0.3) is 0 Å². The summed E-state index contributed by atoms with van der Waals surface area (Å²) in [7, 11) is 0. The number of nitrogens with one attached hydrogen (secondary N) is 1. The lowest BCUT2D eigenvalue weighted by atomic mass is 9.90. The zero-order chi connectivity index (χ0) is 19.9. The van der Waals surface area contributed by atoms with E-state index in [-0.39, 0.29) is 30.2 Å². The first kappa shape index (κ1) is 20.4. The Labute approximate surface area is 167 Å². The van der Waals surface area contributed by atoms with E-state index in [4.69, 9.17) is 0 Å². The number of hydrogen-bond donors (Lipinski definition) is 1. The normalized spacial score (nSPS) is 19.5. The summed E-state index contributed by atoms with van der Waals surface area (Å²) in [5.74, 6) is -0.00385. The highest BCUT2D eigenvalue weighted by Crippen LogP contribution is 2.32. The summed E-state index contributed by atoms with van der Waals surface area (Å²) in [6.07, 6.45) is 5.91. The molecule has 1 fully saturated rings. The van der Waals surface area contributed by atoms with Gasteiger partial charge in [0.05, 0.1) is 12.5 Å². The van der Waals surface area contributed by atoms with E-state index in [1.807, 2.05) is 23.1 Å². The van der Waals surface area contributed by atoms with Crippen LogP contribution in [0.2, 0.25) is 0 Å². The molecule has 2 aliphatic rings. The molecule has 3 amide bonds. The fraction of sp³-hybridized carbons (Fsp3) is 0.591. The predicted octanol–water partition coefficient (Wildman–Crippen LogP) is 2.43. The molecule has 6 heteroatoms. The maximum Gasteiger partial charge on any atom is 0.224 e. The largest absolute Gasteiger partial charge is 0.356 e. The van der Waals surface area contributed by atoms with Gasteiger partial charge in [0, 0.05) is 39.5 Å². The molecule has 0 spiro atoms. The molecule has 0 aromatic heterocycles. The van der Waals surface area contributed by atoms with Crippen molar-refractivity contribution in [3.8, 4) is 0 Å². The van der Waals surface area contributed by atoms with Crippen LogP contribution in [0, 0.1) is 0 Å². The summed E-state index contributed by atoms with van der Waals surface area (Å²) < 4.78 is 0. The molecule has 3 rings (SSSR count). The topological polar surface area (TPSA) is 69.7 Å². The van der Waals surface area contributed by atoms with Gasteiger partial charge in [0.2, 0.25) is 17.7 Å². The lowest BCUT2D eigenvalue weighted by Crippen LogP contribution is -2.41. The number of nitrogens with zero attached hydrogens (tertiary/aromatic N) is 2. The van der Waals surface area contributed by atoms with Crippen LogP contribution in [0.4, 0.5) is 0 Å². The van der Waals surface area contributed by atoms with E-state index >= 15 is 0 Å². The van der Waals surface area contributed by atoms with Gasteiger partial charge in [0.1, 0.15) is 0 Å². The standard InChI is InChI=1S/C22H31N3O3/c1-17(26)25-15-11-18-8-4-5-9-19(18)20(25)16-21(27)23-12-10-22(28)24-13-6-2-3-7-14-24/h4-5,8-9,20H,2-3,6-7,10-16H2,1H3,(H,23,27). The number of benzene rings is 1. The first-order valence-electron chi connectivity index (χ1n) is 10.5. The third kappa shape index (κ3) is 5.12. The Bertz CT molecular complexity index is 711. The smallest absolute Gasteiger partial charge is 0.224 e. The van der Waals surface area contributed by atoms with E-state index in [9.17, 15) is 14.4 Å². The monoisotopic (exact) mass is 385 g/mol. The van der Waals surface area contributed by atoms with Crippen molar-refractivity contribution in [3.05, 3.63) is 35.4 Å². The van der Waals surface area contributed by atoms with Gasteiger partial charge in [-0.05, 0) is 30.4 Å². The highest BCUT2D eigenvalue weighted by Gasteiger charge is 2.30. The minimum Gasteiger partial charge on any atom is -0.356 e. The lowest BCUT2D eigenvalue weighted by molar-refractivity contribution is -0.133. The SMILES string of the molecule is CC(=O)N1CCc2ccccc2C1CC(=O)NCCC(=O)N1CCCCCC1. The quantitative estimate of drug-likeness (QED) is 0.846. The molecule has 6 nitrogen and oxygen atoms in total. The van der Waals surface area contributed by atoms with E-state index in [1.165, 1.54) is 18.4 Å². The van der Waals surface area contributed by atoms with Gasteiger partial charge in [-0.3, -0.25) is 14.4 Å². The summed E-state index contributed by atoms with van der Waals surface area (Å²) in [6, 6.07) is 7.79. The van der Waals surface area contributed by atoms with Crippen molar-refractivity contribution < 1.29 is 14.4 Å². The Balaban J connectivity index is 1.53. The van der Waals surface area contributed by atoms with Crippen molar-refractivity contribution in [2.24, 2.45) is 0 Å². The Kier molecular flexibility index (Phi) is 7.06. The number of likely N-dealkylation sites (tertiary alicyclic amines) is 1. The first-order chi connectivity index (χ1) is 13.6. The van der Waals surface area contributed by atoms with Crippen molar-refractivity contribution in [2.75, 3.05) is 26.2 Å². The third-order valence-electron chi connectivity index (χ3n) is 5.82. The Morgan fingerprint density at radius 2 is 1.75 bits per heavy atom. The van der Waals surface area contributed by atoms with Crippen LogP contribution < -0.4 is 5.32 Å². The maximum atomic E-state index is 12.5. The highest BCUT2D eigenvalue weighted by atomic mass is 16.2. The minimum absolute atomic E-state index is 0.0105. The molecule has 0 radical (unpaired) electrons. The number of carbonyl (C=O) groups excluding carboxylic acids is 3. The molecule has 1 atom stereocenters. The Hall–Kier alpha value is -2.37. The minimum atomic E-state index is -0.233. The van der Waals surface area contributed by atoms with E-state index in [1.54, 1.807) is 11.8 Å². The van der Waals surface area contributed by atoms with Crippen LogP contribution >= 0.6 is 0 Å². The van der Waals surface area contributed by atoms with Crippen LogP contribution in [0.3, 0.4) is 0 Å². The molecule has 2 aliphatic heterocycles. The second-order valence-corrected chi connectivity index (χ2v) is 7.78. The van der Waals surface area contributed by atoms with Crippen molar-refractivity contribution in [2.45, 2.75) is 57.9 Å². The van der Waals surface area contributed by atoms with Crippen molar-refractivity contribution >= 4 is 17.7 Å². The van der Waals surface area contributed by atoms with E-state index < -0.39 is 0 Å². The second-order valence-electron chi connectivity index (χ2n) is 7.78. The fourth-order valence-electron chi connectivity index (χ4n) is 4.28. The molecule has 1 unspecified atom stereocenters. The molecule has 2 heterocycles. The molecule has 28 heavy (non-hydrogen) atoms. The summed E-state index contributed by atoms with van der Waals surface area (Å²) >= 11 is 0. The lowest BCUT2D eigenvalue weighted by Gasteiger charge is -2.36. The summed E-state index contributed by atoms with van der Waals surface area (Å²) in [5.41, 5.74) is 2.26. The van der Waals surface area contributed by atoms with Crippen molar-refractivity contribution in [3.63, 3.8) is 0 Å². The molecular weight excluding hydrogens is 354 g/mol. The maximum absolute atomic E-state index is 12.5. The second kappa shape index (κ2) is 9.71. The molecule has 0 aliphatic carbocycles. The number of carbonyl (C=O) groups is 3. The van der Waals surface area contributed by atoms with Crippen molar-refractivity contribution in [1.29, 1.82) is 0 Å². The number of amides is 3. The van der Waals surface area contributed by atoms with Gasteiger partial charge in [-0.2, -0.15) is 0 Å². The average Bonchev–Trinajstić information content (AvgIpc) is 2.97. The Morgan fingerprint density at radius 3 is 2.46 bits per heavy atom. The average molecular weight is 386 g/mol. The van der Waals surface area contributed by atoms with Gasteiger partial charge in [0.15, 0.2) is 0 Å². The molecule has 1 aromatic rings. The van der Waals surface area contributed by atoms with Crippen LogP contribution in [-0.2, 0) is 20.8 Å². The first-order valence-corrected chi connectivity index (χ1v) is 10.5. The fourth-order valence-corrected chi connectivity index (χ4v) is 4.28. The van der Waals surface area contributed by atoms with Crippen LogP contribution in [0.15, 0.2) is 24.3 Å².